The van der Waals surface area contributed by atoms with Gasteiger partial charge in [0.15, 0.2) is 0 Å². The number of anilines is 2. The third kappa shape index (κ3) is 5.89. The highest BCUT2D eigenvalue weighted by Crippen LogP contribution is 2.28. The number of methoxy groups -OCH3 is 1. The van der Waals surface area contributed by atoms with Crippen LogP contribution in [-0.2, 0) is 9.59 Å². The molecule has 2 aromatic carbocycles. The summed E-state index contributed by atoms with van der Waals surface area (Å²) < 4.78 is 5.24. The van der Waals surface area contributed by atoms with E-state index in [4.69, 9.17) is 16.3 Å². The molecule has 0 aliphatic heterocycles. The van der Waals surface area contributed by atoms with Crippen LogP contribution in [0, 0.1) is 0 Å². The largest absolute Gasteiger partial charge is 0.495 e. The Labute approximate surface area is 174 Å². The minimum absolute atomic E-state index is 0.0734. The number of carbonyl (C=O) groups excluding carboxylic acids is 2. The summed E-state index contributed by atoms with van der Waals surface area (Å²) in [4.78, 5) is 27.6. The number of ether oxygens (including phenoxy) is 1. The maximum absolute atomic E-state index is 12.6. The van der Waals surface area contributed by atoms with E-state index in [1.165, 1.54) is 7.11 Å². The van der Waals surface area contributed by atoms with E-state index in [-0.39, 0.29) is 18.4 Å². The van der Waals surface area contributed by atoms with Crippen LogP contribution in [-0.4, -0.2) is 49.7 Å². The van der Waals surface area contributed by atoms with Gasteiger partial charge in [-0.05, 0) is 50.6 Å². The summed E-state index contributed by atoms with van der Waals surface area (Å²) in [5.41, 5.74) is 1.24. The molecular formula is C20H24ClN3O3S. The number of benzene rings is 2. The monoisotopic (exact) mass is 421 g/mol. The molecule has 1 unspecified atom stereocenters. The van der Waals surface area contributed by atoms with E-state index in [9.17, 15) is 9.59 Å². The third-order valence-corrected chi connectivity index (χ3v) is 5.26. The molecule has 0 fully saturated rings. The molecule has 0 saturated carbocycles. The zero-order valence-electron chi connectivity index (χ0n) is 16.3. The molecule has 0 radical (unpaired) electrons. The number of para-hydroxylation sites is 1. The van der Waals surface area contributed by atoms with E-state index < -0.39 is 6.04 Å². The normalized spacial score (nSPS) is 11.8. The number of halogens is 1. The summed E-state index contributed by atoms with van der Waals surface area (Å²) in [6.45, 7) is 1.81. The second-order valence-electron chi connectivity index (χ2n) is 6.17. The lowest BCUT2D eigenvalue weighted by molar-refractivity contribution is -0.122. The number of amides is 2. The predicted octanol–water partition coefficient (Wildman–Crippen LogP) is 3.97. The maximum atomic E-state index is 12.6. The van der Waals surface area contributed by atoms with Crippen molar-refractivity contribution in [2.45, 2.75) is 17.9 Å². The van der Waals surface area contributed by atoms with Crippen molar-refractivity contribution in [1.82, 2.24) is 4.90 Å². The second kappa shape index (κ2) is 10.4. The van der Waals surface area contributed by atoms with Gasteiger partial charge >= 0.3 is 0 Å². The fourth-order valence-electron chi connectivity index (χ4n) is 2.52. The van der Waals surface area contributed by atoms with Crippen molar-refractivity contribution in [1.29, 1.82) is 0 Å². The highest BCUT2D eigenvalue weighted by Gasteiger charge is 2.21. The first-order valence-corrected chi connectivity index (χ1v) is 10.2. The number of nitrogens with zero attached hydrogens (tertiary/aromatic N) is 1. The van der Waals surface area contributed by atoms with Crippen molar-refractivity contribution in [2.24, 2.45) is 0 Å². The molecule has 2 N–H and O–H groups in total. The van der Waals surface area contributed by atoms with Crippen molar-refractivity contribution < 1.29 is 14.3 Å². The number of thioether (sulfide) groups is 1. The fraction of sp³-hybridized carbons (Fsp3) is 0.300. The van der Waals surface area contributed by atoms with Crippen LogP contribution in [0.25, 0.3) is 0 Å². The molecule has 0 spiro atoms. The molecule has 8 heteroatoms. The molecule has 0 saturated heterocycles. The van der Waals surface area contributed by atoms with E-state index in [1.54, 1.807) is 48.8 Å². The molecule has 0 aromatic heterocycles. The van der Waals surface area contributed by atoms with E-state index in [2.05, 4.69) is 10.6 Å². The van der Waals surface area contributed by atoms with Gasteiger partial charge in [-0.2, -0.15) is 0 Å². The molecule has 1 atom stereocenters. The number of carbonyl (C=O) groups is 2. The number of hydrogen-bond donors (Lipinski definition) is 2. The van der Waals surface area contributed by atoms with Gasteiger partial charge in [-0.1, -0.05) is 23.7 Å². The average Bonchev–Trinajstić information content (AvgIpc) is 2.67. The third-order valence-electron chi connectivity index (χ3n) is 4.23. The van der Waals surface area contributed by atoms with E-state index in [0.717, 1.165) is 10.6 Å². The maximum Gasteiger partial charge on any atom is 0.241 e. The topological polar surface area (TPSA) is 70.7 Å². The van der Waals surface area contributed by atoms with Gasteiger partial charge in [0.2, 0.25) is 11.8 Å². The number of likely N-dealkylation sites (N-methyl/N-ethyl adjacent to an activating group) is 1. The Hall–Kier alpha value is -2.22. The Morgan fingerprint density at radius 2 is 1.89 bits per heavy atom. The van der Waals surface area contributed by atoms with Gasteiger partial charge in [0, 0.05) is 9.92 Å². The van der Waals surface area contributed by atoms with Gasteiger partial charge in [0.05, 0.1) is 31.1 Å². The lowest BCUT2D eigenvalue weighted by atomic mass is 10.2. The molecule has 0 bridgehead atoms. The first kappa shape index (κ1) is 22.1. The summed E-state index contributed by atoms with van der Waals surface area (Å²) in [6.07, 6.45) is 1.95. The quantitative estimate of drug-likeness (QED) is 0.631. The molecule has 0 aliphatic rings. The molecule has 150 valence electrons. The summed E-state index contributed by atoms with van der Waals surface area (Å²) in [5.74, 6) is 0.0587. The lowest BCUT2D eigenvalue weighted by Crippen LogP contribution is -2.43. The molecule has 6 nitrogen and oxygen atoms in total. The van der Waals surface area contributed by atoms with Gasteiger partial charge in [-0.15, -0.1) is 11.8 Å². The number of nitrogens with one attached hydrogen (secondary N) is 2. The molecule has 0 heterocycles. The Kier molecular flexibility index (Phi) is 8.17. The van der Waals surface area contributed by atoms with Crippen molar-refractivity contribution in [3.63, 3.8) is 0 Å². The molecular weight excluding hydrogens is 398 g/mol. The smallest absolute Gasteiger partial charge is 0.241 e. The van der Waals surface area contributed by atoms with Crippen LogP contribution in [0.2, 0.25) is 5.02 Å². The van der Waals surface area contributed by atoms with Crippen LogP contribution in [0.5, 0.6) is 5.75 Å². The molecule has 2 aromatic rings. The summed E-state index contributed by atoms with van der Waals surface area (Å²) in [7, 11) is 3.24. The average molecular weight is 422 g/mol. The van der Waals surface area contributed by atoms with E-state index >= 15 is 0 Å². The highest BCUT2D eigenvalue weighted by atomic mass is 35.5. The molecule has 28 heavy (non-hydrogen) atoms. The first-order chi connectivity index (χ1) is 13.3. The van der Waals surface area contributed by atoms with Crippen LogP contribution in [0.4, 0.5) is 11.4 Å². The van der Waals surface area contributed by atoms with Gasteiger partial charge < -0.3 is 15.4 Å². The Morgan fingerprint density at radius 3 is 2.57 bits per heavy atom. The number of hydrogen-bond acceptors (Lipinski definition) is 5. The van der Waals surface area contributed by atoms with Crippen LogP contribution < -0.4 is 15.4 Å². The molecule has 2 rings (SSSR count). The van der Waals surface area contributed by atoms with Gasteiger partial charge in [0.25, 0.3) is 0 Å². The lowest BCUT2D eigenvalue weighted by Gasteiger charge is -2.24. The molecule has 2 amide bonds. The van der Waals surface area contributed by atoms with E-state index in [0.29, 0.717) is 16.5 Å². The van der Waals surface area contributed by atoms with Crippen LogP contribution in [0.3, 0.4) is 0 Å². The number of rotatable bonds is 8. The zero-order chi connectivity index (χ0) is 20.7. The van der Waals surface area contributed by atoms with Crippen LogP contribution >= 0.6 is 23.4 Å². The Morgan fingerprint density at radius 1 is 1.18 bits per heavy atom. The minimum atomic E-state index is -0.537. The van der Waals surface area contributed by atoms with Crippen molar-refractivity contribution in [2.75, 3.05) is 37.6 Å². The minimum Gasteiger partial charge on any atom is -0.495 e. The Bertz CT molecular complexity index is 847. The van der Waals surface area contributed by atoms with Crippen LogP contribution in [0.15, 0.2) is 47.4 Å². The summed E-state index contributed by atoms with van der Waals surface area (Å²) >= 11 is 7.56. The van der Waals surface area contributed by atoms with Crippen molar-refractivity contribution in [3.8, 4) is 5.75 Å². The SMILES string of the molecule is COc1ccc(Cl)cc1NC(=O)C(C)N(C)CC(=O)Nc1ccccc1SC. The van der Waals surface area contributed by atoms with E-state index in [1.807, 2.05) is 30.5 Å². The standard InChI is InChI=1S/C20H24ClN3O3S/c1-13(20(26)23-16-11-14(21)9-10-17(16)27-3)24(2)12-19(25)22-15-7-5-6-8-18(15)28-4/h5-11,13H,12H2,1-4H3,(H,22,25)(H,23,26). The second-order valence-corrected chi connectivity index (χ2v) is 7.46. The zero-order valence-corrected chi connectivity index (χ0v) is 17.9. The fourth-order valence-corrected chi connectivity index (χ4v) is 3.24. The van der Waals surface area contributed by atoms with Crippen molar-refractivity contribution in [3.05, 3.63) is 47.5 Å². The van der Waals surface area contributed by atoms with Gasteiger partial charge in [-0.3, -0.25) is 14.5 Å². The highest BCUT2D eigenvalue weighted by molar-refractivity contribution is 7.98. The first-order valence-electron chi connectivity index (χ1n) is 8.63. The van der Waals surface area contributed by atoms with Gasteiger partial charge in [0.1, 0.15) is 5.75 Å². The Balaban J connectivity index is 1.98. The molecule has 0 aliphatic carbocycles. The summed E-state index contributed by atoms with van der Waals surface area (Å²) in [6, 6.07) is 12.0. The predicted molar refractivity (Wildman–Crippen MR) is 116 cm³/mol. The summed E-state index contributed by atoms with van der Waals surface area (Å²) in [5, 5.41) is 6.18. The van der Waals surface area contributed by atoms with Crippen LogP contribution in [0.1, 0.15) is 6.92 Å². The van der Waals surface area contributed by atoms with Crippen molar-refractivity contribution >= 4 is 46.6 Å². The van der Waals surface area contributed by atoms with Gasteiger partial charge in [-0.25, -0.2) is 0 Å².